The molecule has 23 heavy (non-hydrogen) atoms. The Morgan fingerprint density at radius 2 is 2.13 bits per heavy atom. The molecule has 0 aliphatic carbocycles. The van der Waals surface area contributed by atoms with E-state index in [-0.39, 0.29) is 17.9 Å². The molecule has 1 amide bonds. The molecule has 1 fully saturated rings. The highest BCUT2D eigenvalue weighted by molar-refractivity contribution is 5.69. The molecule has 2 atom stereocenters. The molecular formula is C19H27NO3. The van der Waals surface area contributed by atoms with Crippen molar-refractivity contribution in [2.45, 2.75) is 52.1 Å². The van der Waals surface area contributed by atoms with Gasteiger partial charge in [-0.3, -0.25) is 0 Å². The lowest BCUT2D eigenvalue weighted by Crippen LogP contribution is -2.44. The molecule has 1 saturated heterocycles. The number of carbonyl (C=O) groups excluding carboxylic acids is 2. The second kappa shape index (κ2) is 7.16. The van der Waals surface area contributed by atoms with Crippen LogP contribution in [0, 0.1) is 12.8 Å². The van der Waals surface area contributed by atoms with Crippen molar-refractivity contribution in [3.05, 3.63) is 35.4 Å². The Labute approximate surface area is 138 Å². The highest BCUT2D eigenvalue weighted by Gasteiger charge is 2.32. The molecule has 1 aromatic carbocycles. The quantitative estimate of drug-likeness (QED) is 0.794. The summed E-state index contributed by atoms with van der Waals surface area (Å²) in [5.74, 6) is -0.0179. The van der Waals surface area contributed by atoms with Crippen LogP contribution in [-0.2, 0) is 9.53 Å². The third kappa shape index (κ3) is 4.81. The minimum Gasteiger partial charge on any atom is -0.444 e. The van der Waals surface area contributed by atoms with Crippen molar-refractivity contribution >= 4 is 12.4 Å². The Hall–Kier alpha value is -1.84. The predicted octanol–water partition coefficient (Wildman–Crippen LogP) is 3.92. The molecule has 0 spiro atoms. The van der Waals surface area contributed by atoms with Gasteiger partial charge in [-0.05, 0) is 52.0 Å². The number of hydrogen-bond donors (Lipinski definition) is 0. The SMILES string of the molecule is Cc1cccc(C(C=O)C2CCCN(C(=O)OC(C)(C)C)C2)c1. The highest BCUT2D eigenvalue weighted by Crippen LogP contribution is 2.31. The second-order valence-electron chi connectivity index (χ2n) is 7.40. The van der Waals surface area contributed by atoms with Crippen molar-refractivity contribution in [3.8, 4) is 0 Å². The van der Waals surface area contributed by atoms with Crippen LogP contribution in [0.3, 0.4) is 0 Å². The number of nitrogens with zero attached hydrogens (tertiary/aromatic N) is 1. The number of ether oxygens (including phenoxy) is 1. The Morgan fingerprint density at radius 3 is 2.74 bits per heavy atom. The first-order valence-corrected chi connectivity index (χ1v) is 8.30. The Balaban J connectivity index is 2.10. The zero-order valence-electron chi connectivity index (χ0n) is 14.5. The average Bonchev–Trinajstić information content (AvgIpc) is 2.47. The molecule has 2 unspecified atom stereocenters. The van der Waals surface area contributed by atoms with Gasteiger partial charge in [0.1, 0.15) is 11.9 Å². The monoisotopic (exact) mass is 317 g/mol. The fraction of sp³-hybridized carbons (Fsp3) is 0.579. The van der Waals surface area contributed by atoms with E-state index in [9.17, 15) is 9.59 Å². The summed E-state index contributed by atoms with van der Waals surface area (Å²) in [6, 6.07) is 8.07. The van der Waals surface area contributed by atoms with Crippen LogP contribution in [0.25, 0.3) is 0 Å². The second-order valence-corrected chi connectivity index (χ2v) is 7.40. The average molecular weight is 317 g/mol. The summed E-state index contributed by atoms with van der Waals surface area (Å²) in [5, 5.41) is 0. The number of hydrogen-bond acceptors (Lipinski definition) is 3. The molecule has 4 nitrogen and oxygen atoms in total. The Morgan fingerprint density at radius 1 is 1.39 bits per heavy atom. The molecule has 1 aromatic rings. The zero-order valence-corrected chi connectivity index (χ0v) is 14.5. The minimum absolute atomic E-state index is 0.149. The van der Waals surface area contributed by atoms with E-state index in [1.807, 2.05) is 45.9 Å². The number of benzene rings is 1. The molecule has 1 aliphatic rings. The maximum atomic E-state index is 12.3. The van der Waals surface area contributed by atoms with Crippen molar-refractivity contribution < 1.29 is 14.3 Å². The smallest absolute Gasteiger partial charge is 0.410 e. The summed E-state index contributed by atoms with van der Waals surface area (Å²) in [6.07, 6.45) is 2.60. The van der Waals surface area contributed by atoms with Crippen LogP contribution >= 0.6 is 0 Å². The summed E-state index contributed by atoms with van der Waals surface area (Å²) in [6.45, 7) is 8.91. The van der Waals surface area contributed by atoms with Crippen molar-refractivity contribution in [1.29, 1.82) is 0 Å². The molecule has 2 rings (SSSR count). The van der Waals surface area contributed by atoms with Gasteiger partial charge in [0.05, 0.1) is 0 Å². The standard InChI is InChI=1S/C19H27NO3/c1-14-7-5-8-15(11-14)17(13-21)16-9-6-10-20(12-16)18(22)23-19(2,3)4/h5,7-8,11,13,16-17H,6,9-10,12H2,1-4H3. The van der Waals surface area contributed by atoms with E-state index in [1.54, 1.807) is 4.90 Å². The van der Waals surface area contributed by atoms with E-state index in [0.717, 1.165) is 30.3 Å². The number of aldehydes is 1. The Kier molecular flexibility index (Phi) is 5.45. The number of piperidine rings is 1. The van der Waals surface area contributed by atoms with Gasteiger partial charge in [0, 0.05) is 19.0 Å². The van der Waals surface area contributed by atoms with Crippen LogP contribution in [0.5, 0.6) is 0 Å². The van der Waals surface area contributed by atoms with Crippen LogP contribution in [-0.4, -0.2) is 36.0 Å². The maximum Gasteiger partial charge on any atom is 0.410 e. The normalized spacial score (nSPS) is 20.0. The molecule has 126 valence electrons. The first-order valence-electron chi connectivity index (χ1n) is 8.30. The zero-order chi connectivity index (χ0) is 17.0. The third-order valence-corrected chi connectivity index (χ3v) is 4.19. The van der Waals surface area contributed by atoms with Gasteiger partial charge in [-0.1, -0.05) is 29.8 Å². The van der Waals surface area contributed by atoms with E-state index >= 15 is 0 Å². The fourth-order valence-electron chi connectivity index (χ4n) is 3.13. The van der Waals surface area contributed by atoms with Crippen LogP contribution in [0.15, 0.2) is 24.3 Å². The topological polar surface area (TPSA) is 46.6 Å². The van der Waals surface area contributed by atoms with Crippen LogP contribution < -0.4 is 0 Å². The predicted molar refractivity (Wildman–Crippen MR) is 90.5 cm³/mol. The van der Waals surface area contributed by atoms with Crippen molar-refractivity contribution in [2.75, 3.05) is 13.1 Å². The lowest BCUT2D eigenvalue weighted by molar-refractivity contribution is -0.110. The largest absolute Gasteiger partial charge is 0.444 e. The van der Waals surface area contributed by atoms with Gasteiger partial charge in [-0.25, -0.2) is 4.79 Å². The van der Waals surface area contributed by atoms with Crippen LogP contribution in [0.2, 0.25) is 0 Å². The number of rotatable bonds is 3. The van der Waals surface area contributed by atoms with E-state index in [2.05, 4.69) is 6.07 Å². The van der Waals surface area contributed by atoms with Gasteiger partial charge in [-0.15, -0.1) is 0 Å². The van der Waals surface area contributed by atoms with Gasteiger partial charge in [0.25, 0.3) is 0 Å². The van der Waals surface area contributed by atoms with Gasteiger partial charge in [0.2, 0.25) is 0 Å². The summed E-state index contributed by atoms with van der Waals surface area (Å²) in [5.41, 5.74) is 1.69. The molecule has 4 heteroatoms. The van der Waals surface area contributed by atoms with Gasteiger partial charge >= 0.3 is 6.09 Å². The molecule has 0 aromatic heterocycles. The van der Waals surface area contributed by atoms with E-state index in [0.29, 0.717) is 13.1 Å². The minimum atomic E-state index is -0.495. The molecular weight excluding hydrogens is 290 g/mol. The molecule has 0 N–H and O–H groups in total. The Bertz CT molecular complexity index is 562. The van der Waals surface area contributed by atoms with Crippen LogP contribution in [0.4, 0.5) is 4.79 Å². The summed E-state index contributed by atoms with van der Waals surface area (Å²) in [4.78, 5) is 25.7. The molecule has 0 saturated carbocycles. The van der Waals surface area contributed by atoms with Gasteiger partial charge in [0.15, 0.2) is 0 Å². The third-order valence-electron chi connectivity index (χ3n) is 4.19. The van der Waals surface area contributed by atoms with E-state index in [4.69, 9.17) is 4.74 Å². The van der Waals surface area contributed by atoms with Crippen molar-refractivity contribution in [1.82, 2.24) is 4.90 Å². The van der Waals surface area contributed by atoms with Crippen molar-refractivity contribution in [2.24, 2.45) is 5.92 Å². The van der Waals surface area contributed by atoms with Gasteiger partial charge < -0.3 is 14.4 Å². The first kappa shape index (κ1) is 17.5. The van der Waals surface area contributed by atoms with E-state index in [1.165, 1.54) is 0 Å². The van der Waals surface area contributed by atoms with Gasteiger partial charge in [-0.2, -0.15) is 0 Å². The van der Waals surface area contributed by atoms with Crippen LogP contribution in [0.1, 0.15) is 50.7 Å². The van der Waals surface area contributed by atoms with Crippen molar-refractivity contribution in [3.63, 3.8) is 0 Å². The molecule has 1 aliphatic heterocycles. The molecule has 0 radical (unpaired) electrons. The fourth-order valence-corrected chi connectivity index (χ4v) is 3.13. The number of likely N-dealkylation sites (tertiary alicyclic amines) is 1. The number of aryl methyl sites for hydroxylation is 1. The summed E-state index contributed by atoms with van der Waals surface area (Å²) < 4.78 is 5.46. The molecule has 0 bridgehead atoms. The van der Waals surface area contributed by atoms with E-state index < -0.39 is 5.60 Å². The number of carbonyl (C=O) groups is 2. The lowest BCUT2D eigenvalue weighted by atomic mass is 9.81. The summed E-state index contributed by atoms with van der Waals surface area (Å²) >= 11 is 0. The number of amides is 1. The lowest BCUT2D eigenvalue weighted by Gasteiger charge is -2.36. The highest BCUT2D eigenvalue weighted by atomic mass is 16.6. The maximum absolute atomic E-state index is 12.3. The molecule has 1 heterocycles. The first-order chi connectivity index (χ1) is 10.8. The summed E-state index contributed by atoms with van der Waals surface area (Å²) in [7, 11) is 0.